The average Bonchev–Trinajstić information content (AvgIpc) is 3.03. The van der Waals surface area contributed by atoms with E-state index in [1.165, 1.54) is 6.92 Å². The Balaban J connectivity index is 2.20. The van der Waals surface area contributed by atoms with Crippen LogP contribution < -0.4 is 16.0 Å². The molecule has 0 spiro atoms. The lowest BCUT2D eigenvalue weighted by Crippen LogP contribution is -2.64. The predicted molar refractivity (Wildman–Crippen MR) is 122 cm³/mol. The van der Waals surface area contributed by atoms with E-state index >= 15 is 0 Å². The molecule has 2 aliphatic rings. The lowest BCUT2D eigenvalue weighted by atomic mass is 9.79. The van der Waals surface area contributed by atoms with Crippen molar-refractivity contribution < 1.29 is 28.8 Å². The van der Waals surface area contributed by atoms with Crippen LogP contribution in [-0.4, -0.2) is 59.0 Å². The van der Waals surface area contributed by atoms with Gasteiger partial charge >= 0.3 is 13.2 Å². The number of carboxylic acid groups (broad SMARTS) is 1. The van der Waals surface area contributed by atoms with Gasteiger partial charge in [-0.05, 0) is 73.5 Å². The molecule has 0 radical (unpaired) electrons. The maximum absolute atomic E-state index is 13.4. The molecule has 3 amide bonds. The first-order valence-corrected chi connectivity index (χ1v) is 11.4. The molecule has 32 heavy (non-hydrogen) atoms. The van der Waals surface area contributed by atoms with Gasteiger partial charge in [-0.2, -0.15) is 0 Å². The molecule has 0 aromatic rings. The molecular weight excluding hydrogens is 413 g/mol. The first-order chi connectivity index (χ1) is 14.5. The van der Waals surface area contributed by atoms with E-state index in [1.807, 2.05) is 48.5 Å². The summed E-state index contributed by atoms with van der Waals surface area (Å²) in [6, 6.07) is 0. The van der Waals surface area contributed by atoms with Crippen LogP contribution in [0.1, 0.15) is 74.7 Å². The minimum atomic E-state index is -1.18. The maximum Gasteiger partial charge on any atom is 0.457 e. The molecule has 0 aromatic carbocycles. The third kappa shape index (κ3) is 6.16. The van der Waals surface area contributed by atoms with Gasteiger partial charge in [-0.15, -0.1) is 0 Å². The molecule has 182 valence electrons. The van der Waals surface area contributed by atoms with Crippen LogP contribution in [0.5, 0.6) is 0 Å². The van der Waals surface area contributed by atoms with Crippen molar-refractivity contribution in [2.45, 2.75) is 103 Å². The normalized spacial score (nSPS) is 28.9. The van der Waals surface area contributed by atoms with Crippen molar-refractivity contribution in [2.75, 3.05) is 6.54 Å². The molecule has 1 saturated heterocycles. The Labute approximate surface area is 191 Å². The van der Waals surface area contributed by atoms with Crippen molar-refractivity contribution in [1.29, 1.82) is 0 Å². The molecule has 10 heteroatoms. The number of nitrogens with one attached hydrogen (secondary N) is 3. The molecule has 1 saturated carbocycles. The largest absolute Gasteiger partial charge is 0.465 e. The molecule has 0 aromatic heterocycles. The minimum Gasteiger partial charge on any atom is -0.465 e. The summed E-state index contributed by atoms with van der Waals surface area (Å²) in [6.45, 7) is 15.1. The highest BCUT2D eigenvalue weighted by molar-refractivity contribution is 6.45. The fourth-order valence-corrected chi connectivity index (χ4v) is 4.71. The Hall–Kier alpha value is -1.81. The van der Waals surface area contributed by atoms with Crippen molar-refractivity contribution in [2.24, 2.45) is 11.8 Å². The maximum atomic E-state index is 13.4. The second-order valence-corrected chi connectivity index (χ2v) is 11.3. The van der Waals surface area contributed by atoms with Gasteiger partial charge in [0.05, 0.1) is 11.2 Å². The van der Waals surface area contributed by atoms with Gasteiger partial charge < -0.3 is 30.4 Å². The van der Waals surface area contributed by atoms with Crippen LogP contribution in [0.15, 0.2) is 0 Å². The van der Waals surface area contributed by atoms with Crippen molar-refractivity contribution in [3.05, 3.63) is 0 Å². The fourth-order valence-electron chi connectivity index (χ4n) is 4.71. The van der Waals surface area contributed by atoms with E-state index in [9.17, 15) is 14.4 Å². The second kappa shape index (κ2) is 9.21. The van der Waals surface area contributed by atoms with Crippen LogP contribution in [0, 0.1) is 11.8 Å². The standard InChI is InChI=1S/C22H40BN3O6/c1-14(27)25-22(17(28)26-19(2,3)4)12-15(11-16(22)13-24-18(29)30)9-10-23-31-20(5,6)21(7,8)32-23/h15-16,24H,9-13H2,1-8H3,(H,25,27)(H,26,28)(H,29,30). The Bertz CT molecular complexity index is 720. The topological polar surface area (TPSA) is 126 Å². The zero-order chi connectivity index (χ0) is 24.5. The average molecular weight is 453 g/mol. The first-order valence-electron chi connectivity index (χ1n) is 11.4. The molecule has 1 aliphatic carbocycles. The zero-order valence-electron chi connectivity index (χ0n) is 20.8. The summed E-state index contributed by atoms with van der Waals surface area (Å²) in [7, 11) is -0.338. The van der Waals surface area contributed by atoms with Crippen LogP contribution in [0.25, 0.3) is 0 Å². The quantitative estimate of drug-likeness (QED) is 0.439. The Kier molecular flexibility index (Phi) is 7.61. The smallest absolute Gasteiger partial charge is 0.457 e. The zero-order valence-corrected chi connectivity index (χ0v) is 20.8. The van der Waals surface area contributed by atoms with E-state index in [0.29, 0.717) is 19.2 Å². The number of amides is 3. The summed E-state index contributed by atoms with van der Waals surface area (Å²) in [5.41, 5.74) is -2.49. The van der Waals surface area contributed by atoms with Gasteiger partial charge in [0.1, 0.15) is 5.54 Å². The van der Waals surface area contributed by atoms with Gasteiger partial charge in [-0.25, -0.2) is 4.79 Å². The molecule has 9 nitrogen and oxygen atoms in total. The molecule has 3 unspecified atom stereocenters. The van der Waals surface area contributed by atoms with E-state index in [1.54, 1.807) is 0 Å². The highest BCUT2D eigenvalue weighted by Crippen LogP contribution is 2.44. The van der Waals surface area contributed by atoms with E-state index in [2.05, 4.69) is 16.0 Å². The lowest BCUT2D eigenvalue weighted by Gasteiger charge is -2.37. The highest BCUT2D eigenvalue weighted by atomic mass is 16.7. The van der Waals surface area contributed by atoms with Gasteiger partial charge in [0.25, 0.3) is 0 Å². The molecule has 1 heterocycles. The molecule has 2 rings (SSSR count). The third-order valence-corrected chi connectivity index (χ3v) is 6.83. The number of hydrogen-bond acceptors (Lipinski definition) is 5. The van der Waals surface area contributed by atoms with Crippen LogP contribution >= 0.6 is 0 Å². The van der Waals surface area contributed by atoms with Crippen molar-refractivity contribution in [1.82, 2.24) is 16.0 Å². The summed E-state index contributed by atoms with van der Waals surface area (Å²) in [4.78, 5) is 36.7. The minimum absolute atomic E-state index is 0.0835. The molecule has 4 N–H and O–H groups in total. The Morgan fingerprint density at radius 3 is 2.12 bits per heavy atom. The van der Waals surface area contributed by atoms with E-state index in [4.69, 9.17) is 14.4 Å². The summed E-state index contributed by atoms with van der Waals surface area (Å²) in [5, 5.41) is 17.4. The number of hydrogen-bond donors (Lipinski definition) is 4. The van der Waals surface area contributed by atoms with Gasteiger partial charge in [0.15, 0.2) is 0 Å². The fraction of sp³-hybridized carbons (Fsp3) is 0.864. The van der Waals surface area contributed by atoms with E-state index in [0.717, 1.165) is 6.42 Å². The van der Waals surface area contributed by atoms with E-state index < -0.39 is 28.4 Å². The molecule has 2 fully saturated rings. The Morgan fingerprint density at radius 1 is 1.09 bits per heavy atom. The summed E-state index contributed by atoms with van der Waals surface area (Å²) in [6.07, 6.45) is 1.29. The van der Waals surface area contributed by atoms with Crippen LogP contribution in [-0.2, 0) is 18.9 Å². The molecule has 0 bridgehead atoms. The van der Waals surface area contributed by atoms with E-state index in [-0.39, 0.29) is 37.3 Å². The van der Waals surface area contributed by atoms with Crippen molar-refractivity contribution in [3.63, 3.8) is 0 Å². The molecular formula is C22H40BN3O6. The van der Waals surface area contributed by atoms with Gasteiger partial charge in [-0.3, -0.25) is 9.59 Å². The Morgan fingerprint density at radius 2 is 1.66 bits per heavy atom. The SMILES string of the molecule is CC(=O)NC1(C(=O)NC(C)(C)C)CC(CCB2OC(C)(C)C(C)(C)O2)CC1CNC(=O)O. The predicted octanol–water partition coefficient (Wildman–Crippen LogP) is 2.55. The molecule has 1 aliphatic heterocycles. The first kappa shape index (κ1) is 26.4. The molecule has 3 atom stereocenters. The number of carbonyl (C=O) groups is 3. The van der Waals surface area contributed by atoms with Gasteiger partial charge in [0.2, 0.25) is 11.8 Å². The van der Waals surface area contributed by atoms with Crippen LogP contribution in [0.2, 0.25) is 6.32 Å². The van der Waals surface area contributed by atoms with Crippen LogP contribution in [0.3, 0.4) is 0 Å². The summed E-state index contributed by atoms with van der Waals surface area (Å²) < 4.78 is 12.2. The third-order valence-electron chi connectivity index (χ3n) is 6.83. The highest BCUT2D eigenvalue weighted by Gasteiger charge is 2.55. The number of rotatable bonds is 7. The monoisotopic (exact) mass is 453 g/mol. The van der Waals surface area contributed by atoms with Crippen LogP contribution in [0.4, 0.5) is 4.79 Å². The lowest BCUT2D eigenvalue weighted by molar-refractivity contribution is -0.135. The van der Waals surface area contributed by atoms with Gasteiger partial charge in [-0.1, -0.05) is 6.42 Å². The van der Waals surface area contributed by atoms with Crippen molar-refractivity contribution >= 4 is 25.0 Å². The number of carbonyl (C=O) groups excluding carboxylic acids is 2. The summed E-state index contributed by atoms with van der Waals surface area (Å²) in [5.74, 6) is -0.864. The second-order valence-electron chi connectivity index (χ2n) is 11.3. The van der Waals surface area contributed by atoms with Crippen molar-refractivity contribution in [3.8, 4) is 0 Å². The summed E-state index contributed by atoms with van der Waals surface area (Å²) >= 11 is 0. The van der Waals surface area contributed by atoms with Gasteiger partial charge in [0, 0.05) is 24.9 Å².